The van der Waals surface area contributed by atoms with Crippen molar-refractivity contribution in [3.63, 3.8) is 0 Å². The van der Waals surface area contributed by atoms with Crippen molar-refractivity contribution in [2.45, 2.75) is 45.1 Å². The highest BCUT2D eigenvalue weighted by Gasteiger charge is 2.33. The SMILES string of the molecule is Cc1ccc([C@H](CNC(=O)C2CCN(C(=O)C3CCC3)CC2)N(C)C)o1. The first-order chi connectivity index (χ1) is 12.5. The van der Waals surface area contributed by atoms with E-state index in [2.05, 4.69) is 10.2 Å². The van der Waals surface area contributed by atoms with Crippen LogP contribution in [0.15, 0.2) is 16.5 Å². The quantitative estimate of drug-likeness (QED) is 0.845. The molecular weight excluding hydrogens is 330 g/mol. The van der Waals surface area contributed by atoms with Gasteiger partial charge in [0.25, 0.3) is 0 Å². The van der Waals surface area contributed by atoms with Crippen molar-refractivity contribution in [2.24, 2.45) is 11.8 Å². The molecule has 1 saturated carbocycles. The first-order valence-electron chi connectivity index (χ1n) is 9.75. The third kappa shape index (κ3) is 4.29. The van der Waals surface area contributed by atoms with Crippen LogP contribution in [0.3, 0.4) is 0 Å². The molecule has 2 amide bonds. The van der Waals surface area contributed by atoms with E-state index >= 15 is 0 Å². The summed E-state index contributed by atoms with van der Waals surface area (Å²) >= 11 is 0. The molecule has 6 nitrogen and oxygen atoms in total. The molecule has 1 N–H and O–H groups in total. The number of carbonyl (C=O) groups excluding carboxylic acids is 2. The second-order valence-corrected chi connectivity index (χ2v) is 7.90. The van der Waals surface area contributed by atoms with Gasteiger partial charge in [0, 0.05) is 31.5 Å². The Morgan fingerprint density at radius 2 is 1.88 bits per heavy atom. The van der Waals surface area contributed by atoms with E-state index in [1.807, 2.05) is 38.1 Å². The standard InChI is InChI=1S/C20H31N3O3/c1-14-7-8-18(26-14)17(22(2)3)13-21-19(24)15-9-11-23(12-10-15)20(25)16-5-4-6-16/h7-8,15-17H,4-6,9-13H2,1-3H3,(H,21,24)/t17-/m0/s1. The average molecular weight is 361 g/mol. The number of nitrogens with zero attached hydrogens (tertiary/aromatic N) is 2. The van der Waals surface area contributed by atoms with Crippen molar-refractivity contribution < 1.29 is 14.0 Å². The molecule has 1 aliphatic heterocycles. The number of hydrogen-bond donors (Lipinski definition) is 1. The summed E-state index contributed by atoms with van der Waals surface area (Å²) in [5.74, 6) is 2.39. The van der Waals surface area contributed by atoms with Gasteiger partial charge in [-0.25, -0.2) is 0 Å². The summed E-state index contributed by atoms with van der Waals surface area (Å²) in [7, 11) is 3.97. The largest absolute Gasteiger partial charge is 0.465 e. The van der Waals surface area contributed by atoms with Crippen LogP contribution in [0.1, 0.15) is 49.7 Å². The molecule has 1 saturated heterocycles. The molecule has 0 bridgehead atoms. The Morgan fingerprint density at radius 3 is 2.38 bits per heavy atom. The first kappa shape index (κ1) is 19.0. The number of furan rings is 1. The maximum atomic E-state index is 12.6. The summed E-state index contributed by atoms with van der Waals surface area (Å²) in [6, 6.07) is 3.94. The molecule has 3 rings (SSSR count). The predicted octanol–water partition coefficient (Wildman–Crippen LogP) is 2.35. The van der Waals surface area contributed by atoms with Crippen LogP contribution >= 0.6 is 0 Å². The van der Waals surface area contributed by atoms with Crippen molar-refractivity contribution in [3.05, 3.63) is 23.7 Å². The van der Waals surface area contributed by atoms with E-state index in [1.54, 1.807) is 0 Å². The molecule has 1 aliphatic carbocycles. The highest BCUT2D eigenvalue weighted by Crippen LogP contribution is 2.30. The minimum atomic E-state index is 0.00147. The highest BCUT2D eigenvalue weighted by molar-refractivity contribution is 5.81. The zero-order chi connectivity index (χ0) is 18.7. The number of aryl methyl sites for hydroxylation is 1. The van der Waals surface area contributed by atoms with E-state index in [0.29, 0.717) is 25.5 Å². The Morgan fingerprint density at radius 1 is 1.19 bits per heavy atom. The molecule has 1 aromatic heterocycles. The minimum absolute atomic E-state index is 0.00147. The van der Waals surface area contributed by atoms with E-state index < -0.39 is 0 Å². The normalized spacial score (nSPS) is 20.1. The van der Waals surface area contributed by atoms with Gasteiger partial charge in [-0.05, 0) is 58.8 Å². The minimum Gasteiger partial charge on any atom is -0.465 e. The predicted molar refractivity (Wildman–Crippen MR) is 99.5 cm³/mol. The molecule has 2 aliphatic rings. The van der Waals surface area contributed by atoms with Gasteiger partial charge in [0.15, 0.2) is 0 Å². The van der Waals surface area contributed by atoms with Crippen LogP contribution in [0, 0.1) is 18.8 Å². The van der Waals surface area contributed by atoms with E-state index in [4.69, 9.17) is 4.42 Å². The summed E-state index contributed by atoms with van der Waals surface area (Å²) in [4.78, 5) is 28.9. The lowest BCUT2D eigenvalue weighted by molar-refractivity contribution is -0.141. The maximum Gasteiger partial charge on any atom is 0.225 e. The van der Waals surface area contributed by atoms with Crippen LogP contribution in [0.2, 0.25) is 0 Å². The van der Waals surface area contributed by atoms with Crippen LogP contribution in [0.25, 0.3) is 0 Å². The Hall–Kier alpha value is -1.82. The summed E-state index contributed by atoms with van der Waals surface area (Å²) in [5.41, 5.74) is 0. The molecule has 1 aromatic rings. The van der Waals surface area contributed by atoms with Crippen LogP contribution in [0.5, 0.6) is 0 Å². The topological polar surface area (TPSA) is 65.8 Å². The number of nitrogens with one attached hydrogen (secondary N) is 1. The molecule has 0 radical (unpaired) electrons. The van der Waals surface area contributed by atoms with Gasteiger partial charge in [-0.2, -0.15) is 0 Å². The molecular formula is C20H31N3O3. The lowest BCUT2D eigenvalue weighted by Gasteiger charge is -2.36. The van der Waals surface area contributed by atoms with E-state index in [0.717, 1.165) is 37.2 Å². The van der Waals surface area contributed by atoms with E-state index in [-0.39, 0.29) is 23.8 Å². The summed E-state index contributed by atoms with van der Waals surface area (Å²) in [5, 5.41) is 3.09. The molecule has 2 heterocycles. The van der Waals surface area contributed by atoms with Crippen molar-refractivity contribution >= 4 is 11.8 Å². The number of amides is 2. The monoisotopic (exact) mass is 361 g/mol. The van der Waals surface area contributed by atoms with Crippen molar-refractivity contribution in [1.29, 1.82) is 0 Å². The lowest BCUT2D eigenvalue weighted by Crippen LogP contribution is -2.46. The number of likely N-dealkylation sites (tertiary alicyclic amines) is 1. The average Bonchev–Trinajstić information content (AvgIpc) is 2.99. The fourth-order valence-corrected chi connectivity index (χ4v) is 3.79. The summed E-state index contributed by atoms with van der Waals surface area (Å²) in [6.07, 6.45) is 4.78. The second kappa shape index (κ2) is 8.25. The third-order valence-electron chi connectivity index (χ3n) is 5.81. The Kier molecular flexibility index (Phi) is 6.01. The zero-order valence-corrected chi connectivity index (χ0v) is 16.2. The number of likely N-dealkylation sites (N-methyl/N-ethyl adjacent to an activating group) is 1. The van der Waals surface area contributed by atoms with Crippen molar-refractivity contribution in [2.75, 3.05) is 33.7 Å². The molecule has 0 unspecified atom stereocenters. The smallest absolute Gasteiger partial charge is 0.225 e. The molecule has 2 fully saturated rings. The molecule has 144 valence electrons. The molecule has 6 heteroatoms. The van der Waals surface area contributed by atoms with Crippen molar-refractivity contribution in [1.82, 2.24) is 15.1 Å². The van der Waals surface area contributed by atoms with Crippen LogP contribution in [0.4, 0.5) is 0 Å². The Labute approximate surface area is 155 Å². The number of hydrogen-bond acceptors (Lipinski definition) is 4. The molecule has 0 spiro atoms. The van der Waals surface area contributed by atoms with Gasteiger partial charge in [0.1, 0.15) is 11.5 Å². The van der Waals surface area contributed by atoms with Gasteiger partial charge in [-0.15, -0.1) is 0 Å². The maximum absolute atomic E-state index is 12.6. The van der Waals surface area contributed by atoms with Gasteiger partial charge < -0.3 is 14.6 Å². The Bertz CT molecular complexity index is 628. The highest BCUT2D eigenvalue weighted by atomic mass is 16.3. The molecule has 1 atom stereocenters. The fourth-order valence-electron chi connectivity index (χ4n) is 3.79. The Balaban J connectivity index is 1.47. The second-order valence-electron chi connectivity index (χ2n) is 7.90. The summed E-state index contributed by atoms with van der Waals surface area (Å²) < 4.78 is 5.73. The van der Waals surface area contributed by atoms with Crippen LogP contribution < -0.4 is 5.32 Å². The first-order valence-corrected chi connectivity index (χ1v) is 9.75. The number of carbonyl (C=O) groups is 2. The number of rotatable bonds is 6. The molecule has 26 heavy (non-hydrogen) atoms. The zero-order valence-electron chi connectivity index (χ0n) is 16.2. The molecule has 0 aromatic carbocycles. The van der Waals surface area contributed by atoms with Crippen molar-refractivity contribution in [3.8, 4) is 0 Å². The van der Waals surface area contributed by atoms with E-state index in [9.17, 15) is 9.59 Å². The van der Waals surface area contributed by atoms with Gasteiger partial charge in [-0.3, -0.25) is 14.5 Å². The summed E-state index contributed by atoms with van der Waals surface area (Å²) in [6.45, 7) is 3.87. The number of piperidine rings is 1. The van der Waals surface area contributed by atoms with Crippen LogP contribution in [-0.2, 0) is 9.59 Å². The van der Waals surface area contributed by atoms with E-state index in [1.165, 1.54) is 6.42 Å². The fraction of sp³-hybridized carbons (Fsp3) is 0.700. The lowest BCUT2D eigenvalue weighted by atomic mass is 9.83. The van der Waals surface area contributed by atoms with Crippen LogP contribution in [-0.4, -0.2) is 55.3 Å². The van der Waals surface area contributed by atoms with Gasteiger partial charge >= 0.3 is 0 Å². The van der Waals surface area contributed by atoms with Gasteiger partial charge in [0.05, 0.1) is 6.04 Å². The van der Waals surface area contributed by atoms with Gasteiger partial charge in [-0.1, -0.05) is 6.42 Å². The van der Waals surface area contributed by atoms with Gasteiger partial charge in [0.2, 0.25) is 11.8 Å². The third-order valence-corrected chi connectivity index (χ3v) is 5.81.